The van der Waals surface area contributed by atoms with Crippen LogP contribution in [0.2, 0.25) is 0 Å². The highest BCUT2D eigenvalue weighted by atomic mass is 14.2. The Morgan fingerprint density at radius 1 is 0.545 bits per heavy atom. The average Bonchev–Trinajstić information content (AvgIpc) is 2.57. The second-order valence-electron chi connectivity index (χ2n) is 5.96. The van der Waals surface area contributed by atoms with E-state index in [0.717, 1.165) is 0 Å². The van der Waals surface area contributed by atoms with E-state index >= 15 is 0 Å². The highest BCUT2D eigenvalue weighted by Gasteiger charge is 2.12. The summed E-state index contributed by atoms with van der Waals surface area (Å²) >= 11 is 0. The van der Waals surface area contributed by atoms with Crippen LogP contribution in [0.3, 0.4) is 0 Å². The molecular weight excluding hydrogens is 264 g/mol. The number of hydrogen-bond acceptors (Lipinski definition) is 0. The minimum atomic E-state index is 1.29. The van der Waals surface area contributed by atoms with Crippen LogP contribution in [-0.4, -0.2) is 0 Å². The molecular formula is C22H18. The van der Waals surface area contributed by atoms with E-state index in [2.05, 4.69) is 86.6 Å². The first-order valence-corrected chi connectivity index (χ1v) is 7.73. The quantitative estimate of drug-likeness (QED) is 0.360. The van der Waals surface area contributed by atoms with Crippen molar-refractivity contribution in [3.05, 3.63) is 83.9 Å². The van der Waals surface area contributed by atoms with Crippen molar-refractivity contribution in [1.82, 2.24) is 0 Å². The first-order valence-electron chi connectivity index (χ1n) is 7.73. The molecule has 4 aromatic carbocycles. The van der Waals surface area contributed by atoms with Crippen molar-refractivity contribution >= 4 is 21.5 Å². The van der Waals surface area contributed by atoms with Gasteiger partial charge in [0.15, 0.2) is 0 Å². The van der Waals surface area contributed by atoms with Crippen LogP contribution in [0.5, 0.6) is 0 Å². The zero-order valence-corrected chi connectivity index (χ0v) is 12.9. The maximum atomic E-state index is 2.31. The molecule has 0 heterocycles. The fourth-order valence-electron chi connectivity index (χ4n) is 3.46. The van der Waals surface area contributed by atoms with E-state index in [1.54, 1.807) is 0 Å². The molecule has 4 aromatic rings. The Balaban J connectivity index is 2.26. The Hall–Kier alpha value is -2.60. The van der Waals surface area contributed by atoms with E-state index < -0.39 is 0 Å². The molecule has 106 valence electrons. The topological polar surface area (TPSA) is 0 Å². The van der Waals surface area contributed by atoms with Crippen molar-refractivity contribution in [3.63, 3.8) is 0 Å². The molecule has 0 radical (unpaired) electrons. The van der Waals surface area contributed by atoms with E-state index in [-0.39, 0.29) is 0 Å². The average molecular weight is 282 g/mol. The first-order chi connectivity index (χ1) is 10.8. The second-order valence-corrected chi connectivity index (χ2v) is 5.96. The summed E-state index contributed by atoms with van der Waals surface area (Å²) in [5, 5.41) is 5.38. The van der Waals surface area contributed by atoms with Gasteiger partial charge < -0.3 is 0 Å². The lowest BCUT2D eigenvalue weighted by Crippen LogP contribution is -1.90. The first kappa shape index (κ1) is 13.1. The monoisotopic (exact) mass is 282 g/mol. The van der Waals surface area contributed by atoms with Gasteiger partial charge in [0.05, 0.1) is 0 Å². The largest absolute Gasteiger partial charge is 0.0622 e. The fraction of sp³-hybridized carbons (Fsp3) is 0.0909. The van der Waals surface area contributed by atoms with Gasteiger partial charge in [0.25, 0.3) is 0 Å². The van der Waals surface area contributed by atoms with Gasteiger partial charge in [-0.05, 0) is 52.1 Å². The van der Waals surface area contributed by atoms with E-state index in [0.29, 0.717) is 0 Å². The number of hydrogen-bond donors (Lipinski definition) is 0. The summed E-state index contributed by atoms with van der Waals surface area (Å²) < 4.78 is 0. The van der Waals surface area contributed by atoms with Crippen LogP contribution >= 0.6 is 0 Å². The Kier molecular flexibility index (Phi) is 2.97. The summed E-state index contributed by atoms with van der Waals surface area (Å²) in [7, 11) is 0. The predicted octanol–water partition coefficient (Wildman–Crippen LogP) is 6.28. The maximum absolute atomic E-state index is 2.31. The molecule has 0 saturated carbocycles. The lowest BCUT2D eigenvalue weighted by molar-refractivity contribution is 1.49. The molecule has 0 unspecified atom stereocenters. The van der Waals surface area contributed by atoms with Gasteiger partial charge in [-0.1, -0.05) is 78.4 Å². The van der Waals surface area contributed by atoms with Gasteiger partial charge in [0.1, 0.15) is 0 Å². The highest BCUT2D eigenvalue weighted by Crippen LogP contribution is 2.38. The van der Waals surface area contributed by atoms with Crippen molar-refractivity contribution in [2.75, 3.05) is 0 Å². The molecule has 0 aliphatic heterocycles. The van der Waals surface area contributed by atoms with Crippen LogP contribution in [0.4, 0.5) is 0 Å². The molecule has 0 nitrogen and oxygen atoms in total. The van der Waals surface area contributed by atoms with Crippen LogP contribution < -0.4 is 0 Å². The van der Waals surface area contributed by atoms with Crippen LogP contribution in [0, 0.1) is 13.8 Å². The second kappa shape index (κ2) is 4.99. The maximum Gasteiger partial charge on any atom is -0.00697 e. The molecule has 4 rings (SSSR count). The molecule has 0 aromatic heterocycles. The zero-order valence-electron chi connectivity index (χ0n) is 12.9. The minimum Gasteiger partial charge on any atom is -0.0622 e. The van der Waals surface area contributed by atoms with Gasteiger partial charge >= 0.3 is 0 Å². The van der Waals surface area contributed by atoms with Gasteiger partial charge in [0.2, 0.25) is 0 Å². The normalized spacial score (nSPS) is 11.2. The molecule has 0 heteroatoms. The summed E-state index contributed by atoms with van der Waals surface area (Å²) in [6, 6.07) is 26.2. The third kappa shape index (κ3) is 1.92. The molecule has 0 amide bonds. The summed E-state index contributed by atoms with van der Waals surface area (Å²) in [5.41, 5.74) is 5.31. The van der Waals surface area contributed by atoms with E-state index in [9.17, 15) is 0 Å². The van der Waals surface area contributed by atoms with Crippen LogP contribution in [0.25, 0.3) is 32.7 Å². The van der Waals surface area contributed by atoms with Crippen molar-refractivity contribution in [2.45, 2.75) is 13.8 Å². The molecule has 0 aliphatic rings. The summed E-state index contributed by atoms with van der Waals surface area (Å²) in [6.07, 6.45) is 0. The molecule has 22 heavy (non-hydrogen) atoms. The van der Waals surface area contributed by atoms with Gasteiger partial charge in [0, 0.05) is 0 Å². The smallest absolute Gasteiger partial charge is 0.00697 e. The number of rotatable bonds is 1. The van der Waals surface area contributed by atoms with Crippen molar-refractivity contribution < 1.29 is 0 Å². The Bertz CT molecular complexity index is 979. The standard InChI is InChI=1S/C22H18/c1-15-12-13-20-21(14-15)19-11-7-6-10-18(19)16(2)22(20)17-8-4-3-5-9-17/h3-14H,1-2H3. The fourth-order valence-corrected chi connectivity index (χ4v) is 3.46. The summed E-state index contributed by atoms with van der Waals surface area (Å²) in [5.74, 6) is 0. The zero-order chi connectivity index (χ0) is 15.1. The lowest BCUT2D eigenvalue weighted by Gasteiger charge is -2.15. The van der Waals surface area contributed by atoms with E-state index in [4.69, 9.17) is 0 Å². The van der Waals surface area contributed by atoms with Crippen molar-refractivity contribution in [1.29, 1.82) is 0 Å². The molecule has 0 fully saturated rings. The molecule has 0 aliphatic carbocycles. The van der Waals surface area contributed by atoms with Crippen molar-refractivity contribution in [3.8, 4) is 11.1 Å². The minimum absolute atomic E-state index is 1.29. The van der Waals surface area contributed by atoms with Crippen LogP contribution in [0.15, 0.2) is 72.8 Å². The van der Waals surface area contributed by atoms with Gasteiger partial charge in [-0.25, -0.2) is 0 Å². The molecule has 0 saturated heterocycles. The van der Waals surface area contributed by atoms with E-state index in [1.807, 2.05) is 0 Å². The number of aryl methyl sites for hydroxylation is 2. The Morgan fingerprint density at radius 2 is 1.23 bits per heavy atom. The van der Waals surface area contributed by atoms with Gasteiger partial charge in [-0.3, -0.25) is 0 Å². The van der Waals surface area contributed by atoms with E-state index in [1.165, 1.54) is 43.8 Å². The molecule has 0 N–H and O–H groups in total. The number of benzene rings is 4. The van der Waals surface area contributed by atoms with Gasteiger partial charge in [-0.15, -0.1) is 0 Å². The predicted molar refractivity (Wildman–Crippen MR) is 96.4 cm³/mol. The Morgan fingerprint density at radius 3 is 2.00 bits per heavy atom. The highest BCUT2D eigenvalue weighted by molar-refractivity contribution is 6.15. The molecule has 0 atom stereocenters. The third-order valence-corrected chi connectivity index (χ3v) is 4.50. The molecule has 0 spiro atoms. The lowest BCUT2D eigenvalue weighted by atomic mass is 9.88. The number of fused-ring (bicyclic) bond motifs is 3. The third-order valence-electron chi connectivity index (χ3n) is 4.50. The SMILES string of the molecule is Cc1ccc2c(-c3ccccc3)c(C)c3ccccc3c2c1. The van der Waals surface area contributed by atoms with Gasteiger partial charge in [-0.2, -0.15) is 0 Å². The van der Waals surface area contributed by atoms with Crippen LogP contribution in [-0.2, 0) is 0 Å². The summed E-state index contributed by atoms with van der Waals surface area (Å²) in [6.45, 7) is 4.40. The van der Waals surface area contributed by atoms with Crippen molar-refractivity contribution in [2.24, 2.45) is 0 Å². The molecule has 0 bridgehead atoms. The Labute approximate surface area is 131 Å². The summed E-state index contributed by atoms with van der Waals surface area (Å²) in [4.78, 5) is 0. The van der Waals surface area contributed by atoms with Crippen LogP contribution in [0.1, 0.15) is 11.1 Å².